The molecule has 0 aliphatic carbocycles. The van der Waals surface area contributed by atoms with E-state index in [0.29, 0.717) is 42.0 Å². The van der Waals surface area contributed by atoms with E-state index in [9.17, 15) is 18.4 Å². The molecule has 0 radical (unpaired) electrons. The first kappa shape index (κ1) is 20.5. The summed E-state index contributed by atoms with van der Waals surface area (Å²) in [5.74, 6) is -1.16. The highest BCUT2D eigenvalue weighted by atomic mass is 19.1. The van der Waals surface area contributed by atoms with Gasteiger partial charge in [0.2, 0.25) is 0 Å². The lowest BCUT2D eigenvalue weighted by Gasteiger charge is -2.20. The maximum absolute atomic E-state index is 13.8. The fraction of sp³-hybridized carbons (Fsp3) is 0.167. The predicted molar refractivity (Wildman–Crippen MR) is 112 cm³/mol. The second-order valence-corrected chi connectivity index (χ2v) is 7.23. The van der Waals surface area contributed by atoms with Crippen molar-refractivity contribution in [2.45, 2.75) is 12.5 Å². The fourth-order valence-electron chi connectivity index (χ4n) is 3.54. The van der Waals surface area contributed by atoms with Crippen LogP contribution in [0.15, 0.2) is 72.8 Å². The van der Waals surface area contributed by atoms with E-state index in [2.05, 4.69) is 5.32 Å². The number of benzene rings is 3. The molecule has 5 nitrogen and oxygen atoms in total. The van der Waals surface area contributed by atoms with Gasteiger partial charge in [-0.05, 0) is 66.1 Å². The Kier molecular flexibility index (Phi) is 5.93. The minimum absolute atomic E-state index is 0.296. The van der Waals surface area contributed by atoms with Gasteiger partial charge in [0.25, 0.3) is 5.91 Å². The van der Waals surface area contributed by atoms with Crippen molar-refractivity contribution in [2.24, 2.45) is 0 Å². The van der Waals surface area contributed by atoms with E-state index < -0.39 is 18.0 Å². The fourth-order valence-corrected chi connectivity index (χ4v) is 3.54. The van der Waals surface area contributed by atoms with Crippen LogP contribution in [0.4, 0.5) is 19.3 Å². The van der Waals surface area contributed by atoms with E-state index in [0.717, 1.165) is 0 Å². The minimum Gasteiger partial charge on any atom is -0.447 e. The number of nitrogens with one attached hydrogen (secondary N) is 1. The van der Waals surface area contributed by atoms with Gasteiger partial charge in [-0.1, -0.05) is 24.3 Å². The average molecular weight is 422 g/mol. The SMILES string of the molecule is O=C(NC(Cc1cccc(F)c1)c1cccc(F)c1)c1ccc(N2CCOC2=O)cc1. The van der Waals surface area contributed by atoms with Crippen LogP contribution in [0, 0.1) is 11.6 Å². The van der Waals surface area contributed by atoms with Gasteiger partial charge in [0, 0.05) is 11.3 Å². The Morgan fingerprint density at radius 3 is 2.35 bits per heavy atom. The topological polar surface area (TPSA) is 58.6 Å². The molecule has 1 aliphatic heterocycles. The van der Waals surface area contributed by atoms with Crippen molar-refractivity contribution < 1.29 is 23.1 Å². The summed E-state index contributed by atoms with van der Waals surface area (Å²) in [6, 6.07) is 18.1. The van der Waals surface area contributed by atoms with Crippen LogP contribution >= 0.6 is 0 Å². The molecular weight excluding hydrogens is 402 g/mol. The molecule has 0 aromatic heterocycles. The van der Waals surface area contributed by atoms with Crippen molar-refractivity contribution in [3.05, 3.63) is 101 Å². The molecule has 158 valence electrons. The lowest BCUT2D eigenvalue weighted by Crippen LogP contribution is -2.30. The van der Waals surface area contributed by atoms with E-state index in [1.54, 1.807) is 48.5 Å². The number of carbonyl (C=O) groups excluding carboxylic acids is 2. The lowest BCUT2D eigenvalue weighted by atomic mass is 9.98. The molecule has 1 heterocycles. The van der Waals surface area contributed by atoms with Gasteiger partial charge in [-0.3, -0.25) is 9.69 Å². The van der Waals surface area contributed by atoms with Gasteiger partial charge >= 0.3 is 6.09 Å². The number of amides is 2. The Morgan fingerprint density at radius 2 is 1.71 bits per heavy atom. The number of nitrogens with zero attached hydrogens (tertiary/aromatic N) is 1. The van der Waals surface area contributed by atoms with Crippen molar-refractivity contribution in [3.8, 4) is 0 Å². The second-order valence-electron chi connectivity index (χ2n) is 7.23. The Morgan fingerprint density at radius 1 is 1.00 bits per heavy atom. The molecule has 7 heteroatoms. The second kappa shape index (κ2) is 8.95. The summed E-state index contributed by atoms with van der Waals surface area (Å²) in [5, 5.41) is 2.91. The molecule has 1 atom stereocenters. The Balaban J connectivity index is 1.54. The van der Waals surface area contributed by atoms with Crippen LogP contribution in [0.1, 0.15) is 27.5 Å². The van der Waals surface area contributed by atoms with E-state index in [1.807, 2.05) is 0 Å². The third-order valence-corrected chi connectivity index (χ3v) is 5.09. The molecule has 3 aromatic carbocycles. The van der Waals surface area contributed by atoms with Gasteiger partial charge in [-0.25, -0.2) is 13.6 Å². The van der Waals surface area contributed by atoms with Gasteiger partial charge < -0.3 is 10.1 Å². The van der Waals surface area contributed by atoms with Gasteiger partial charge in [-0.15, -0.1) is 0 Å². The summed E-state index contributed by atoms with van der Waals surface area (Å²) in [7, 11) is 0. The number of carbonyl (C=O) groups is 2. The number of anilines is 1. The van der Waals surface area contributed by atoms with Crippen LogP contribution in [-0.4, -0.2) is 25.2 Å². The molecule has 1 saturated heterocycles. The van der Waals surface area contributed by atoms with Crippen LogP contribution in [0.5, 0.6) is 0 Å². The first-order valence-electron chi connectivity index (χ1n) is 9.85. The number of ether oxygens (including phenoxy) is 1. The standard InChI is InChI=1S/C24H20F2N2O3/c25-19-5-1-3-16(13-19)14-22(18-4-2-6-20(26)15-18)27-23(29)17-7-9-21(10-8-17)28-11-12-31-24(28)30/h1-10,13,15,22H,11-12,14H2,(H,27,29). The maximum atomic E-state index is 13.8. The Labute approximate surface area is 178 Å². The Hall–Kier alpha value is -3.74. The normalized spacial score (nSPS) is 14.3. The van der Waals surface area contributed by atoms with Crippen LogP contribution in [-0.2, 0) is 11.2 Å². The third-order valence-electron chi connectivity index (χ3n) is 5.09. The summed E-state index contributed by atoms with van der Waals surface area (Å²) < 4.78 is 32.3. The minimum atomic E-state index is -0.557. The molecule has 2 amide bonds. The smallest absolute Gasteiger partial charge is 0.414 e. The summed E-state index contributed by atoms with van der Waals surface area (Å²) in [4.78, 5) is 26.1. The van der Waals surface area contributed by atoms with Crippen molar-refractivity contribution in [1.82, 2.24) is 5.32 Å². The lowest BCUT2D eigenvalue weighted by molar-refractivity contribution is 0.0936. The molecule has 1 aliphatic rings. The van der Waals surface area contributed by atoms with Crippen molar-refractivity contribution in [1.29, 1.82) is 0 Å². The summed E-state index contributed by atoms with van der Waals surface area (Å²) in [6.45, 7) is 0.788. The van der Waals surface area contributed by atoms with E-state index in [4.69, 9.17) is 4.74 Å². The highest BCUT2D eigenvalue weighted by molar-refractivity contribution is 5.96. The highest BCUT2D eigenvalue weighted by Gasteiger charge is 2.24. The Bertz CT molecular complexity index is 1100. The van der Waals surface area contributed by atoms with Gasteiger partial charge in [0.05, 0.1) is 12.6 Å². The molecule has 4 rings (SSSR count). The first-order chi connectivity index (χ1) is 15.0. The largest absolute Gasteiger partial charge is 0.447 e. The molecule has 1 fully saturated rings. The average Bonchev–Trinajstić information content (AvgIpc) is 3.19. The summed E-state index contributed by atoms with van der Waals surface area (Å²) >= 11 is 0. The first-order valence-corrected chi connectivity index (χ1v) is 9.85. The van der Waals surface area contributed by atoms with E-state index in [1.165, 1.54) is 29.2 Å². The maximum Gasteiger partial charge on any atom is 0.414 e. The molecular formula is C24H20F2N2O3. The monoisotopic (exact) mass is 422 g/mol. The molecule has 1 unspecified atom stereocenters. The highest BCUT2D eigenvalue weighted by Crippen LogP contribution is 2.22. The number of halogens is 2. The van der Waals surface area contributed by atoms with Crippen molar-refractivity contribution >= 4 is 17.7 Å². The number of hydrogen-bond donors (Lipinski definition) is 1. The molecule has 0 bridgehead atoms. The zero-order valence-electron chi connectivity index (χ0n) is 16.6. The van der Waals surface area contributed by atoms with Crippen molar-refractivity contribution in [3.63, 3.8) is 0 Å². The van der Waals surface area contributed by atoms with Crippen LogP contribution < -0.4 is 10.2 Å². The van der Waals surface area contributed by atoms with Gasteiger partial charge in [-0.2, -0.15) is 0 Å². The van der Waals surface area contributed by atoms with Gasteiger partial charge in [0.15, 0.2) is 0 Å². The van der Waals surface area contributed by atoms with Crippen LogP contribution in [0.2, 0.25) is 0 Å². The summed E-state index contributed by atoms with van der Waals surface area (Å²) in [5.41, 5.74) is 2.28. The quantitative estimate of drug-likeness (QED) is 0.630. The molecule has 1 N–H and O–H groups in total. The number of hydrogen-bond acceptors (Lipinski definition) is 3. The van der Waals surface area contributed by atoms with Crippen molar-refractivity contribution in [2.75, 3.05) is 18.1 Å². The molecule has 3 aromatic rings. The van der Waals surface area contributed by atoms with Crippen LogP contribution in [0.3, 0.4) is 0 Å². The van der Waals surface area contributed by atoms with E-state index >= 15 is 0 Å². The third kappa shape index (κ3) is 4.88. The van der Waals surface area contributed by atoms with Gasteiger partial charge in [0.1, 0.15) is 18.2 Å². The zero-order chi connectivity index (χ0) is 21.8. The zero-order valence-corrected chi connectivity index (χ0v) is 16.6. The number of cyclic esters (lactones) is 1. The molecule has 0 saturated carbocycles. The molecule has 0 spiro atoms. The van der Waals surface area contributed by atoms with E-state index in [-0.39, 0.29) is 11.7 Å². The van der Waals surface area contributed by atoms with Crippen LogP contribution in [0.25, 0.3) is 0 Å². The predicted octanol–water partition coefficient (Wildman–Crippen LogP) is 4.64. The molecule has 31 heavy (non-hydrogen) atoms. The summed E-state index contributed by atoms with van der Waals surface area (Å²) in [6.07, 6.45) is -0.122. The number of rotatable bonds is 6.